The molecule has 0 radical (unpaired) electrons. The fourth-order valence-corrected chi connectivity index (χ4v) is 4.18. The third-order valence-electron chi connectivity index (χ3n) is 4.29. The molecule has 0 aliphatic carbocycles. The molecule has 0 unspecified atom stereocenters. The second-order valence-electron chi connectivity index (χ2n) is 6.21. The van der Waals surface area contributed by atoms with Crippen LogP contribution in [0.2, 0.25) is 0 Å². The molecule has 1 aliphatic rings. The van der Waals surface area contributed by atoms with Crippen LogP contribution in [0.15, 0.2) is 47.4 Å². The van der Waals surface area contributed by atoms with Gasteiger partial charge in [-0.2, -0.15) is 0 Å². The summed E-state index contributed by atoms with van der Waals surface area (Å²) in [4.78, 5) is 26.1. The number of amides is 1. The van der Waals surface area contributed by atoms with E-state index < -0.39 is 17.9 Å². The Hall–Kier alpha value is -3.04. The molecule has 1 atom stereocenters. The van der Waals surface area contributed by atoms with Crippen LogP contribution in [0.1, 0.15) is 11.1 Å². The second-order valence-corrected chi connectivity index (χ2v) is 7.88. The van der Waals surface area contributed by atoms with Crippen LogP contribution in [0, 0.1) is 0 Å². The van der Waals surface area contributed by atoms with Crippen LogP contribution in [0.5, 0.6) is 17.2 Å². The molecule has 0 bridgehead atoms. The summed E-state index contributed by atoms with van der Waals surface area (Å²) in [6.45, 7) is 0. The zero-order valence-corrected chi connectivity index (χ0v) is 16.9. The Morgan fingerprint density at radius 2 is 1.93 bits per heavy atom. The maximum absolute atomic E-state index is 12.9. The Balaban J connectivity index is 1.87. The number of aromatic hydroxyl groups is 2. The highest BCUT2D eigenvalue weighted by molar-refractivity contribution is 8.26. The normalized spacial score (nSPS) is 16.3. The molecular weight excluding hydrogens is 414 g/mol. The number of thioether (sulfide) groups is 1. The lowest BCUT2D eigenvalue weighted by molar-refractivity contribution is -0.145. The number of methoxy groups -OCH3 is 1. The number of hydrogen-bond acceptors (Lipinski definition) is 7. The molecule has 0 saturated carbocycles. The highest BCUT2D eigenvalue weighted by Gasteiger charge is 2.40. The van der Waals surface area contributed by atoms with E-state index >= 15 is 0 Å². The van der Waals surface area contributed by atoms with Crippen molar-refractivity contribution in [1.82, 2.24) is 4.90 Å². The van der Waals surface area contributed by atoms with Gasteiger partial charge in [-0.05, 0) is 41.5 Å². The average Bonchev–Trinajstić information content (AvgIpc) is 2.96. The predicted octanol–water partition coefficient (Wildman–Crippen LogP) is 3.00. The zero-order chi connectivity index (χ0) is 21.1. The predicted molar refractivity (Wildman–Crippen MR) is 113 cm³/mol. The fraction of sp³-hybridized carbons (Fsp3) is 0.150. The molecule has 1 aliphatic heterocycles. The topological polar surface area (TPSA) is 107 Å². The van der Waals surface area contributed by atoms with Crippen LogP contribution < -0.4 is 4.74 Å². The number of phenolic OH excluding ortho intramolecular Hbond substituents is 2. The monoisotopic (exact) mass is 431 g/mol. The van der Waals surface area contributed by atoms with E-state index in [0.29, 0.717) is 11.1 Å². The van der Waals surface area contributed by atoms with E-state index in [2.05, 4.69) is 0 Å². The number of rotatable bonds is 6. The Labute approximate surface area is 176 Å². The first-order valence-corrected chi connectivity index (χ1v) is 9.67. The first-order valence-electron chi connectivity index (χ1n) is 8.45. The third-order valence-corrected chi connectivity index (χ3v) is 5.62. The summed E-state index contributed by atoms with van der Waals surface area (Å²) in [5.41, 5.74) is 1.25. The van der Waals surface area contributed by atoms with Crippen LogP contribution in [0.25, 0.3) is 6.08 Å². The first-order chi connectivity index (χ1) is 13.8. The van der Waals surface area contributed by atoms with E-state index in [1.807, 2.05) is 0 Å². The zero-order valence-electron chi connectivity index (χ0n) is 15.2. The van der Waals surface area contributed by atoms with Gasteiger partial charge in [0.1, 0.15) is 16.1 Å². The molecule has 2 aromatic rings. The van der Waals surface area contributed by atoms with Crippen molar-refractivity contribution in [1.29, 1.82) is 0 Å². The Morgan fingerprint density at radius 3 is 2.55 bits per heavy atom. The number of phenols is 2. The summed E-state index contributed by atoms with van der Waals surface area (Å²) in [5.74, 6) is -1.39. The number of hydrogen-bond donors (Lipinski definition) is 3. The molecule has 7 nitrogen and oxygen atoms in total. The maximum atomic E-state index is 12.9. The standard InChI is InChI=1S/C20H17NO6S2/c1-27-16-9-12(4-7-15(16)23)10-17-18(24)21(20(28)29-17)14(19(25)26)8-11-2-5-13(22)6-3-11/h2-7,9-10,14,22-23H,8H2,1H3,(H,25,26)/b17-10+/t14-/m0/s1. The average molecular weight is 431 g/mol. The molecule has 1 amide bonds. The van der Waals surface area contributed by atoms with Gasteiger partial charge in [0.15, 0.2) is 11.5 Å². The minimum atomic E-state index is -1.18. The molecule has 3 N–H and O–H groups in total. The maximum Gasteiger partial charge on any atom is 0.327 e. The van der Waals surface area contributed by atoms with Gasteiger partial charge < -0.3 is 20.1 Å². The van der Waals surface area contributed by atoms with Crippen molar-refractivity contribution in [2.24, 2.45) is 0 Å². The van der Waals surface area contributed by atoms with Crippen molar-refractivity contribution in [3.05, 3.63) is 58.5 Å². The van der Waals surface area contributed by atoms with Crippen LogP contribution in [-0.2, 0) is 16.0 Å². The van der Waals surface area contributed by atoms with Crippen molar-refractivity contribution in [3.8, 4) is 17.2 Å². The fourth-order valence-electron chi connectivity index (χ4n) is 2.83. The van der Waals surface area contributed by atoms with E-state index in [9.17, 15) is 24.9 Å². The van der Waals surface area contributed by atoms with E-state index in [4.69, 9.17) is 17.0 Å². The van der Waals surface area contributed by atoms with Crippen LogP contribution in [-0.4, -0.2) is 49.6 Å². The summed E-state index contributed by atoms with van der Waals surface area (Å²) in [6, 6.07) is 9.54. The van der Waals surface area contributed by atoms with Gasteiger partial charge >= 0.3 is 5.97 Å². The molecule has 9 heteroatoms. The lowest BCUT2D eigenvalue weighted by Gasteiger charge is -2.23. The quantitative estimate of drug-likeness (QED) is 0.473. The van der Waals surface area contributed by atoms with Crippen LogP contribution in [0.4, 0.5) is 0 Å². The van der Waals surface area contributed by atoms with Gasteiger partial charge in [0, 0.05) is 6.42 Å². The summed E-state index contributed by atoms with van der Waals surface area (Å²) >= 11 is 6.29. The van der Waals surface area contributed by atoms with Gasteiger partial charge in [0.05, 0.1) is 12.0 Å². The Bertz CT molecular complexity index is 1000. The van der Waals surface area contributed by atoms with E-state index in [0.717, 1.165) is 16.7 Å². The lowest BCUT2D eigenvalue weighted by Crippen LogP contribution is -2.45. The van der Waals surface area contributed by atoms with Gasteiger partial charge in [-0.15, -0.1) is 0 Å². The Kier molecular flexibility index (Phi) is 6.09. The third kappa shape index (κ3) is 4.52. The molecule has 0 aromatic heterocycles. The SMILES string of the molecule is COc1cc(/C=C2/SC(=S)N([C@@H](Cc3ccc(O)cc3)C(=O)O)C2=O)ccc1O. The molecule has 3 rings (SSSR count). The highest BCUT2D eigenvalue weighted by atomic mass is 32.2. The molecular formula is C20H17NO6S2. The number of carbonyl (C=O) groups excluding carboxylic acids is 1. The van der Waals surface area contributed by atoms with Crippen molar-refractivity contribution >= 4 is 46.3 Å². The summed E-state index contributed by atoms with van der Waals surface area (Å²) in [5, 5.41) is 28.8. The molecule has 29 heavy (non-hydrogen) atoms. The number of benzene rings is 2. The molecule has 1 saturated heterocycles. The molecule has 2 aromatic carbocycles. The van der Waals surface area contributed by atoms with Crippen molar-refractivity contribution in [3.63, 3.8) is 0 Å². The number of aliphatic carboxylic acids is 1. The van der Waals surface area contributed by atoms with E-state index in [-0.39, 0.29) is 32.9 Å². The summed E-state index contributed by atoms with van der Waals surface area (Å²) < 4.78 is 5.21. The summed E-state index contributed by atoms with van der Waals surface area (Å²) in [6.07, 6.45) is 1.61. The minimum absolute atomic E-state index is 0.0305. The number of carboxylic acids is 1. The van der Waals surface area contributed by atoms with E-state index in [1.54, 1.807) is 30.3 Å². The van der Waals surface area contributed by atoms with Gasteiger partial charge in [-0.1, -0.05) is 42.2 Å². The number of carbonyl (C=O) groups is 2. The van der Waals surface area contributed by atoms with Gasteiger partial charge in [0.2, 0.25) is 0 Å². The molecule has 1 fully saturated rings. The largest absolute Gasteiger partial charge is 0.508 e. The van der Waals surface area contributed by atoms with Crippen LogP contribution in [0.3, 0.4) is 0 Å². The number of ether oxygens (including phenoxy) is 1. The number of nitrogens with zero attached hydrogens (tertiary/aromatic N) is 1. The molecule has 1 heterocycles. The lowest BCUT2D eigenvalue weighted by atomic mass is 10.0. The van der Waals surface area contributed by atoms with Crippen LogP contribution >= 0.6 is 24.0 Å². The highest BCUT2D eigenvalue weighted by Crippen LogP contribution is 2.36. The van der Waals surface area contributed by atoms with Crippen molar-refractivity contribution < 1.29 is 29.6 Å². The first kappa shape index (κ1) is 20.7. The molecule has 150 valence electrons. The van der Waals surface area contributed by atoms with Gasteiger partial charge in [-0.25, -0.2) is 4.79 Å². The minimum Gasteiger partial charge on any atom is -0.508 e. The van der Waals surface area contributed by atoms with Gasteiger partial charge in [0.25, 0.3) is 5.91 Å². The van der Waals surface area contributed by atoms with Crippen molar-refractivity contribution in [2.45, 2.75) is 12.5 Å². The molecule has 0 spiro atoms. The number of thiocarbonyl (C=S) groups is 1. The van der Waals surface area contributed by atoms with E-state index in [1.165, 1.54) is 25.3 Å². The Morgan fingerprint density at radius 1 is 1.24 bits per heavy atom. The number of carboxylic acid groups (broad SMARTS) is 1. The van der Waals surface area contributed by atoms with Gasteiger partial charge in [-0.3, -0.25) is 9.69 Å². The van der Waals surface area contributed by atoms with Crippen molar-refractivity contribution in [2.75, 3.05) is 7.11 Å². The smallest absolute Gasteiger partial charge is 0.327 e. The summed E-state index contributed by atoms with van der Waals surface area (Å²) in [7, 11) is 1.42. The second kappa shape index (κ2) is 8.54.